The Balaban J connectivity index is 1.80. The standard InChI is InChI=1S/C21H17N3O/c25-21-19(16-10-4-1-5-11-16)22-20(17-12-6-2-7-13-17)23-24(21)18-14-8-3-9-15-18/h1-15,19H,(H,22,23). The number of carbonyl (C=O) groups excluding carboxylic acids is 1. The summed E-state index contributed by atoms with van der Waals surface area (Å²) >= 11 is 0. The lowest BCUT2D eigenvalue weighted by molar-refractivity contribution is -0.120. The van der Waals surface area contributed by atoms with Gasteiger partial charge in [0.05, 0.1) is 5.69 Å². The summed E-state index contributed by atoms with van der Waals surface area (Å²) in [5, 5.41) is 1.58. The molecule has 0 radical (unpaired) electrons. The first-order valence-corrected chi connectivity index (χ1v) is 8.17. The monoisotopic (exact) mass is 327 g/mol. The number of amidine groups is 1. The highest BCUT2D eigenvalue weighted by Crippen LogP contribution is 2.26. The van der Waals surface area contributed by atoms with E-state index in [-0.39, 0.29) is 5.91 Å². The Morgan fingerprint density at radius 3 is 1.96 bits per heavy atom. The molecular weight excluding hydrogens is 310 g/mol. The number of para-hydroxylation sites is 1. The first-order chi connectivity index (χ1) is 12.3. The van der Waals surface area contributed by atoms with Crippen LogP contribution >= 0.6 is 0 Å². The summed E-state index contributed by atoms with van der Waals surface area (Å²) in [6.07, 6.45) is 0. The van der Waals surface area contributed by atoms with Gasteiger partial charge in [-0.1, -0.05) is 78.9 Å². The number of aliphatic imine (C=N–C) groups is 1. The van der Waals surface area contributed by atoms with E-state index >= 15 is 0 Å². The first kappa shape index (κ1) is 15.1. The topological polar surface area (TPSA) is 44.7 Å². The van der Waals surface area contributed by atoms with Gasteiger partial charge in [0, 0.05) is 5.56 Å². The van der Waals surface area contributed by atoms with Crippen molar-refractivity contribution in [2.24, 2.45) is 4.99 Å². The Morgan fingerprint density at radius 2 is 1.32 bits per heavy atom. The van der Waals surface area contributed by atoms with E-state index < -0.39 is 6.04 Å². The molecule has 4 heteroatoms. The zero-order valence-electron chi connectivity index (χ0n) is 13.5. The maximum Gasteiger partial charge on any atom is 0.275 e. The maximum atomic E-state index is 13.1. The van der Waals surface area contributed by atoms with Gasteiger partial charge in [0.25, 0.3) is 5.91 Å². The van der Waals surface area contributed by atoms with Crippen molar-refractivity contribution in [1.29, 1.82) is 0 Å². The van der Waals surface area contributed by atoms with E-state index in [0.717, 1.165) is 16.8 Å². The van der Waals surface area contributed by atoms with E-state index in [9.17, 15) is 4.79 Å². The van der Waals surface area contributed by atoms with Crippen molar-refractivity contribution in [2.45, 2.75) is 6.04 Å². The molecule has 1 aliphatic heterocycles. The van der Waals surface area contributed by atoms with Crippen LogP contribution in [-0.4, -0.2) is 11.7 Å². The summed E-state index contributed by atoms with van der Waals surface area (Å²) in [5.41, 5.74) is 5.78. The number of amides is 1. The van der Waals surface area contributed by atoms with Crippen LogP contribution in [0.2, 0.25) is 0 Å². The molecule has 1 atom stereocenters. The highest BCUT2D eigenvalue weighted by atomic mass is 16.2. The van der Waals surface area contributed by atoms with Gasteiger partial charge in [0.15, 0.2) is 6.04 Å². The Kier molecular flexibility index (Phi) is 4.01. The van der Waals surface area contributed by atoms with Gasteiger partial charge in [-0.15, -0.1) is 0 Å². The lowest BCUT2D eigenvalue weighted by atomic mass is 10.0. The van der Waals surface area contributed by atoms with Crippen molar-refractivity contribution in [1.82, 2.24) is 5.43 Å². The molecule has 3 aromatic rings. The van der Waals surface area contributed by atoms with Crippen molar-refractivity contribution < 1.29 is 4.79 Å². The predicted octanol–water partition coefficient (Wildman–Crippen LogP) is 3.73. The van der Waals surface area contributed by atoms with Crippen LogP contribution in [0.25, 0.3) is 0 Å². The molecule has 1 unspecified atom stereocenters. The van der Waals surface area contributed by atoms with Gasteiger partial charge in [-0.25, -0.2) is 10.0 Å². The molecule has 3 aromatic carbocycles. The Hall–Kier alpha value is -3.40. The second-order valence-electron chi connectivity index (χ2n) is 5.78. The number of nitrogens with one attached hydrogen (secondary N) is 1. The van der Waals surface area contributed by atoms with Crippen LogP contribution in [0.4, 0.5) is 5.69 Å². The SMILES string of the molecule is O=C1C(c2ccccc2)N=C(c2ccccc2)NN1c1ccccc1. The third-order valence-corrected chi connectivity index (χ3v) is 4.11. The fourth-order valence-electron chi connectivity index (χ4n) is 2.85. The second kappa shape index (κ2) is 6.61. The molecule has 0 aliphatic carbocycles. The van der Waals surface area contributed by atoms with Crippen LogP contribution in [0.3, 0.4) is 0 Å². The number of carbonyl (C=O) groups is 1. The molecule has 0 aromatic heterocycles. The molecule has 0 fully saturated rings. The number of hydrogen-bond donors (Lipinski definition) is 1. The first-order valence-electron chi connectivity index (χ1n) is 8.17. The number of nitrogens with zero attached hydrogens (tertiary/aromatic N) is 2. The lowest BCUT2D eigenvalue weighted by Crippen LogP contribution is -2.52. The fraction of sp³-hybridized carbons (Fsp3) is 0.0476. The normalized spacial score (nSPS) is 17.0. The van der Waals surface area contributed by atoms with E-state index in [0.29, 0.717) is 5.84 Å². The molecule has 1 heterocycles. The van der Waals surface area contributed by atoms with Crippen molar-refractivity contribution in [2.75, 3.05) is 5.01 Å². The number of hydrogen-bond acceptors (Lipinski definition) is 3. The van der Waals surface area contributed by atoms with E-state index in [2.05, 4.69) is 5.43 Å². The van der Waals surface area contributed by atoms with E-state index in [1.807, 2.05) is 91.0 Å². The lowest BCUT2D eigenvalue weighted by Gasteiger charge is -2.32. The molecule has 4 nitrogen and oxygen atoms in total. The van der Waals surface area contributed by atoms with Crippen LogP contribution in [0.15, 0.2) is 96.0 Å². The zero-order chi connectivity index (χ0) is 17.1. The van der Waals surface area contributed by atoms with Gasteiger partial charge in [0.1, 0.15) is 5.84 Å². The molecule has 122 valence electrons. The van der Waals surface area contributed by atoms with E-state index in [4.69, 9.17) is 4.99 Å². The molecule has 25 heavy (non-hydrogen) atoms. The minimum absolute atomic E-state index is 0.0999. The number of benzene rings is 3. The zero-order valence-corrected chi connectivity index (χ0v) is 13.5. The summed E-state index contributed by atoms with van der Waals surface area (Å²) in [7, 11) is 0. The van der Waals surface area contributed by atoms with Crippen molar-refractivity contribution in [3.63, 3.8) is 0 Å². The second-order valence-corrected chi connectivity index (χ2v) is 5.78. The van der Waals surface area contributed by atoms with Crippen LogP contribution < -0.4 is 10.4 Å². The van der Waals surface area contributed by atoms with Crippen molar-refractivity contribution >= 4 is 17.4 Å². The summed E-state index contributed by atoms with van der Waals surface area (Å²) in [6, 6.07) is 28.5. The third kappa shape index (κ3) is 3.02. The van der Waals surface area contributed by atoms with E-state index in [1.165, 1.54) is 0 Å². The number of anilines is 1. The Morgan fingerprint density at radius 1 is 0.760 bits per heavy atom. The van der Waals surface area contributed by atoms with Gasteiger partial charge in [0.2, 0.25) is 0 Å². The largest absolute Gasteiger partial charge is 0.275 e. The number of hydrazine groups is 1. The highest BCUT2D eigenvalue weighted by Gasteiger charge is 2.32. The van der Waals surface area contributed by atoms with Gasteiger partial charge >= 0.3 is 0 Å². The molecule has 1 amide bonds. The summed E-state index contributed by atoms with van der Waals surface area (Å²) in [6.45, 7) is 0. The van der Waals surface area contributed by atoms with Crippen LogP contribution in [0.5, 0.6) is 0 Å². The highest BCUT2D eigenvalue weighted by molar-refractivity contribution is 6.10. The van der Waals surface area contributed by atoms with E-state index in [1.54, 1.807) is 5.01 Å². The molecule has 4 rings (SSSR count). The maximum absolute atomic E-state index is 13.1. The van der Waals surface area contributed by atoms with Gasteiger partial charge in [-0.2, -0.15) is 0 Å². The summed E-state index contributed by atoms with van der Waals surface area (Å²) in [4.78, 5) is 17.8. The van der Waals surface area contributed by atoms with Crippen LogP contribution in [0, 0.1) is 0 Å². The molecule has 1 N–H and O–H groups in total. The van der Waals surface area contributed by atoms with Crippen LogP contribution in [-0.2, 0) is 4.79 Å². The smallest absolute Gasteiger partial charge is 0.274 e. The predicted molar refractivity (Wildman–Crippen MR) is 99.2 cm³/mol. The average Bonchev–Trinajstić information content (AvgIpc) is 2.70. The fourth-order valence-corrected chi connectivity index (χ4v) is 2.85. The van der Waals surface area contributed by atoms with Crippen LogP contribution in [0.1, 0.15) is 17.2 Å². The molecular formula is C21H17N3O. The molecule has 0 bridgehead atoms. The van der Waals surface area contributed by atoms with Crippen molar-refractivity contribution in [3.8, 4) is 0 Å². The van der Waals surface area contributed by atoms with Crippen molar-refractivity contribution in [3.05, 3.63) is 102 Å². The minimum Gasteiger partial charge on any atom is -0.274 e. The Bertz CT molecular complexity index is 892. The quantitative estimate of drug-likeness (QED) is 0.797. The average molecular weight is 327 g/mol. The summed E-state index contributed by atoms with van der Waals surface area (Å²) in [5.74, 6) is 0.579. The third-order valence-electron chi connectivity index (χ3n) is 4.11. The molecule has 0 spiro atoms. The summed E-state index contributed by atoms with van der Waals surface area (Å²) < 4.78 is 0. The molecule has 0 saturated heterocycles. The van der Waals surface area contributed by atoms with Gasteiger partial charge < -0.3 is 0 Å². The number of rotatable bonds is 3. The molecule has 0 saturated carbocycles. The minimum atomic E-state index is -0.571. The Labute approximate surface area is 146 Å². The molecule has 1 aliphatic rings. The van der Waals surface area contributed by atoms with Gasteiger partial charge in [-0.3, -0.25) is 10.2 Å². The van der Waals surface area contributed by atoms with Gasteiger partial charge in [-0.05, 0) is 17.7 Å².